The van der Waals surface area contributed by atoms with Crippen LogP contribution in [0.1, 0.15) is 49.7 Å². The maximum Gasteiger partial charge on any atom is 0.265 e. The van der Waals surface area contributed by atoms with E-state index in [0.717, 1.165) is 12.8 Å². The van der Waals surface area contributed by atoms with Crippen molar-refractivity contribution >= 4 is 40.0 Å². The molecular formula is C14H24N4OS2. The van der Waals surface area contributed by atoms with Gasteiger partial charge in [-0.1, -0.05) is 11.3 Å². The van der Waals surface area contributed by atoms with Crippen LogP contribution in [0.25, 0.3) is 0 Å². The van der Waals surface area contributed by atoms with Gasteiger partial charge in [-0.2, -0.15) is 11.8 Å². The topological polar surface area (TPSA) is 80.0 Å². The first-order chi connectivity index (χ1) is 9.78. The Balaban J connectivity index is 1.99. The van der Waals surface area contributed by atoms with E-state index in [9.17, 15) is 4.79 Å². The van der Waals surface area contributed by atoms with Crippen LogP contribution >= 0.6 is 23.1 Å². The highest BCUT2D eigenvalue weighted by Crippen LogP contribution is 2.30. The van der Waals surface area contributed by atoms with Gasteiger partial charge < -0.3 is 16.4 Å². The Morgan fingerprint density at radius 2 is 2.14 bits per heavy atom. The predicted molar refractivity (Wildman–Crippen MR) is 92.3 cm³/mol. The number of anilines is 2. The molecule has 0 aromatic carbocycles. The van der Waals surface area contributed by atoms with Crippen molar-refractivity contribution in [3.8, 4) is 0 Å². The smallest absolute Gasteiger partial charge is 0.265 e. The summed E-state index contributed by atoms with van der Waals surface area (Å²) in [6.07, 6.45) is 5.38. The van der Waals surface area contributed by atoms with Gasteiger partial charge in [0.25, 0.3) is 5.91 Å². The molecule has 1 aliphatic carbocycles. The molecule has 21 heavy (non-hydrogen) atoms. The van der Waals surface area contributed by atoms with Gasteiger partial charge in [0.15, 0.2) is 5.13 Å². The summed E-state index contributed by atoms with van der Waals surface area (Å²) in [6.45, 7) is 6.14. The van der Waals surface area contributed by atoms with E-state index >= 15 is 0 Å². The third-order valence-corrected chi connectivity index (χ3v) is 5.47. The Labute approximate surface area is 134 Å². The Morgan fingerprint density at radius 1 is 1.43 bits per heavy atom. The summed E-state index contributed by atoms with van der Waals surface area (Å²) in [5.74, 6) is 0.211. The quantitative estimate of drug-likeness (QED) is 0.792. The van der Waals surface area contributed by atoms with Gasteiger partial charge in [-0.3, -0.25) is 4.79 Å². The number of rotatable bonds is 4. The minimum Gasteiger partial charge on any atom is -0.382 e. The fourth-order valence-corrected chi connectivity index (χ4v) is 4.20. The summed E-state index contributed by atoms with van der Waals surface area (Å²) in [6, 6.07) is 0.260. The van der Waals surface area contributed by atoms with Crippen LogP contribution in [-0.4, -0.2) is 34.0 Å². The summed E-state index contributed by atoms with van der Waals surface area (Å²) in [4.78, 5) is 17.1. The molecule has 1 amide bonds. The zero-order valence-electron chi connectivity index (χ0n) is 13.0. The molecule has 0 spiro atoms. The van der Waals surface area contributed by atoms with E-state index in [0.29, 0.717) is 21.1 Å². The number of carbonyl (C=O) groups excluding carboxylic acids is 1. The lowest BCUT2D eigenvalue weighted by Gasteiger charge is -2.19. The van der Waals surface area contributed by atoms with E-state index in [4.69, 9.17) is 5.73 Å². The summed E-state index contributed by atoms with van der Waals surface area (Å²) in [5, 5.41) is 7.69. The standard InChI is InChI=1S/C14H24N4OS2/c1-14(2,3)18-13-17-11(15)10(21-13)12(19)16-8-5-6-9(7-8)20-4/h8-9H,5-7,15H2,1-4H3,(H,16,19)(H,17,18). The van der Waals surface area contributed by atoms with Gasteiger partial charge in [0.2, 0.25) is 0 Å². The molecule has 0 saturated heterocycles. The number of carbonyl (C=O) groups is 1. The van der Waals surface area contributed by atoms with Crippen molar-refractivity contribution in [3.05, 3.63) is 4.88 Å². The number of nitrogen functional groups attached to an aromatic ring is 1. The molecule has 1 aromatic rings. The van der Waals surface area contributed by atoms with Crippen molar-refractivity contribution < 1.29 is 4.79 Å². The van der Waals surface area contributed by atoms with Crippen LogP contribution in [-0.2, 0) is 0 Å². The first-order valence-electron chi connectivity index (χ1n) is 7.16. The molecule has 0 radical (unpaired) electrons. The van der Waals surface area contributed by atoms with Crippen molar-refractivity contribution in [1.29, 1.82) is 0 Å². The molecule has 1 saturated carbocycles. The van der Waals surface area contributed by atoms with Crippen molar-refractivity contribution in [2.24, 2.45) is 0 Å². The number of aromatic nitrogens is 1. The van der Waals surface area contributed by atoms with Crippen LogP contribution in [0.3, 0.4) is 0 Å². The molecule has 7 heteroatoms. The lowest BCUT2D eigenvalue weighted by atomic mass is 10.1. The van der Waals surface area contributed by atoms with Crippen molar-refractivity contribution in [2.45, 2.75) is 56.9 Å². The number of thioether (sulfide) groups is 1. The van der Waals surface area contributed by atoms with E-state index in [1.165, 1.54) is 17.8 Å². The number of nitrogens with one attached hydrogen (secondary N) is 2. The minimum atomic E-state index is -0.102. The van der Waals surface area contributed by atoms with Crippen LogP contribution in [0, 0.1) is 0 Å². The van der Waals surface area contributed by atoms with E-state index in [1.807, 2.05) is 32.5 Å². The molecule has 1 aromatic heterocycles. The van der Waals surface area contributed by atoms with Gasteiger partial charge in [-0.05, 0) is 46.3 Å². The second-order valence-electron chi connectivity index (χ2n) is 6.45. The first kappa shape index (κ1) is 16.4. The number of hydrogen-bond acceptors (Lipinski definition) is 6. The highest BCUT2D eigenvalue weighted by atomic mass is 32.2. The Bertz CT molecular complexity index is 510. The Kier molecular flexibility index (Phi) is 5.03. The van der Waals surface area contributed by atoms with Crippen LogP contribution < -0.4 is 16.4 Å². The largest absolute Gasteiger partial charge is 0.382 e. The summed E-state index contributed by atoms with van der Waals surface area (Å²) < 4.78 is 0. The zero-order valence-corrected chi connectivity index (χ0v) is 14.7. The van der Waals surface area contributed by atoms with Crippen LogP contribution in [0.15, 0.2) is 0 Å². The van der Waals surface area contributed by atoms with E-state index in [2.05, 4.69) is 21.9 Å². The first-order valence-corrected chi connectivity index (χ1v) is 9.27. The van der Waals surface area contributed by atoms with E-state index < -0.39 is 0 Å². The maximum absolute atomic E-state index is 12.3. The minimum absolute atomic E-state index is 0.0984. The molecule has 1 heterocycles. The average molecular weight is 329 g/mol. The number of nitrogens with two attached hydrogens (primary N) is 1. The molecule has 118 valence electrons. The predicted octanol–water partition coefficient (Wildman–Crippen LogP) is 2.95. The number of hydrogen-bond donors (Lipinski definition) is 3. The second kappa shape index (κ2) is 6.44. The van der Waals surface area contributed by atoms with Gasteiger partial charge in [-0.25, -0.2) is 4.98 Å². The third kappa shape index (κ3) is 4.51. The molecule has 4 N–H and O–H groups in total. The Morgan fingerprint density at radius 3 is 2.71 bits per heavy atom. The van der Waals surface area contributed by atoms with Gasteiger partial charge in [0.1, 0.15) is 10.7 Å². The lowest BCUT2D eigenvalue weighted by Crippen LogP contribution is -2.33. The number of nitrogens with zero attached hydrogens (tertiary/aromatic N) is 1. The van der Waals surface area contributed by atoms with E-state index in [1.54, 1.807) is 0 Å². The van der Waals surface area contributed by atoms with Gasteiger partial charge in [-0.15, -0.1) is 0 Å². The fourth-order valence-electron chi connectivity index (χ4n) is 2.41. The van der Waals surface area contributed by atoms with Gasteiger partial charge in [0, 0.05) is 16.8 Å². The van der Waals surface area contributed by atoms with Crippen molar-refractivity contribution in [3.63, 3.8) is 0 Å². The van der Waals surface area contributed by atoms with E-state index in [-0.39, 0.29) is 17.5 Å². The molecule has 5 nitrogen and oxygen atoms in total. The molecule has 2 unspecified atom stereocenters. The molecule has 0 aliphatic heterocycles. The SMILES string of the molecule is CSC1CCC(NC(=O)c2sc(NC(C)(C)C)nc2N)C1. The van der Waals surface area contributed by atoms with Crippen molar-refractivity contribution in [2.75, 3.05) is 17.3 Å². The average Bonchev–Trinajstić information content (AvgIpc) is 2.94. The normalized spacial score (nSPS) is 22.3. The highest BCUT2D eigenvalue weighted by molar-refractivity contribution is 7.99. The molecule has 2 atom stereocenters. The number of thiazole rings is 1. The molecule has 2 rings (SSSR count). The second-order valence-corrected chi connectivity index (χ2v) is 8.59. The monoisotopic (exact) mass is 328 g/mol. The van der Waals surface area contributed by atoms with Crippen molar-refractivity contribution in [1.82, 2.24) is 10.3 Å². The highest BCUT2D eigenvalue weighted by Gasteiger charge is 2.27. The fraction of sp³-hybridized carbons (Fsp3) is 0.714. The molecule has 1 fully saturated rings. The van der Waals surface area contributed by atoms with Gasteiger partial charge in [0.05, 0.1) is 0 Å². The Hall–Kier alpha value is -0.950. The zero-order chi connectivity index (χ0) is 15.6. The summed E-state index contributed by atoms with van der Waals surface area (Å²) in [7, 11) is 0. The van der Waals surface area contributed by atoms with Crippen LogP contribution in [0.5, 0.6) is 0 Å². The van der Waals surface area contributed by atoms with Gasteiger partial charge >= 0.3 is 0 Å². The molecular weight excluding hydrogens is 304 g/mol. The maximum atomic E-state index is 12.3. The van der Waals surface area contributed by atoms with Crippen LogP contribution in [0.4, 0.5) is 10.9 Å². The molecule has 1 aliphatic rings. The number of amides is 1. The lowest BCUT2D eigenvalue weighted by molar-refractivity contribution is 0.0942. The summed E-state index contributed by atoms with van der Waals surface area (Å²) in [5.41, 5.74) is 5.78. The third-order valence-electron chi connectivity index (χ3n) is 3.39. The van der Waals surface area contributed by atoms with Crippen LogP contribution in [0.2, 0.25) is 0 Å². The summed E-state index contributed by atoms with van der Waals surface area (Å²) >= 11 is 3.20. The molecule has 0 bridgehead atoms.